The molecule has 0 aromatic carbocycles. The molecule has 1 aromatic rings. The van der Waals surface area contributed by atoms with Gasteiger partial charge in [0.15, 0.2) is 0 Å². The summed E-state index contributed by atoms with van der Waals surface area (Å²) in [7, 11) is 0. The van der Waals surface area contributed by atoms with Crippen molar-refractivity contribution in [3.8, 4) is 0 Å². The molecule has 0 saturated carbocycles. The molecular weight excluding hydrogens is 252 g/mol. The first kappa shape index (κ1) is 15.0. The largest absolute Gasteiger partial charge is 0.342 e. The van der Waals surface area contributed by atoms with Crippen LogP contribution < -0.4 is 5.32 Å². The van der Waals surface area contributed by atoms with E-state index in [1.54, 1.807) is 6.20 Å². The van der Waals surface area contributed by atoms with Crippen LogP contribution in [0.25, 0.3) is 0 Å². The molecule has 5 nitrogen and oxygen atoms in total. The van der Waals surface area contributed by atoms with Crippen molar-refractivity contribution in [2.75, 3.05) is 26.2 Å². The molecule has 2 heterocycles. The Labute approximate surface area is 121 Å². The fraction of sp³-hybridized carbons (Fsp3) is 0.733. The standard InChI is InChI=1S/C15H26N4O/c1-2-10-18(13-14-4-8-16-9-5-14)15(20)6-12-19-11-3-7-17-19/h3,7,11,14,16H,2,4-6,8-10,12-13H2,1H3. The molecule has 20 heavy (non-hydrogen) atoms. The molecule has 1 aliphatic heterocycles. The summed E-state index contributed by atoms with van der Waals surface area (Å²) in [6.07, 6.45) is 7.61. The molecule has 1 aliphatic rings. The molecule has 1 saturated heterocycles. The Kier molecular flexibility index (Phi) is 6.05. The zero-order valence-electron chi connectivity index (χ0n) is 12.4. The van der Waals surface area contributed by atoms with E-state index in [1.165, 1.54) is 12.8 Å². The van der Waals surface area contributed by atoms with E-state index in [-0.39, 0.29) is 5.91 Å². The molecule has 0 unspecified atom stereocenters. The first-order valence-corrected chi connectivity index (χ1v) is 7.75. The van der Waals surface area contributed by atoms with E-state index in [4.69, 9.17) is 0 Å². The molecule has 1 fully saturated rings. The lowest BCUT2D eigenvalue weighted by Crippen LogP contribution is -2.40. The van der Waals surface area contributed by atoms with E-state index >= 15 is 0 Å². The molecule has 0 bridgehead atoms. The monoisotopic (exact) mass is 278 g/mol. The molecule has 1 N–H and O–H groups in total. The maximum atomic E-state index is 12.4. The predicted octanol–water partition coefficient (Wildman–Crippen LogP) is 1.51. The van der Waals surface area contributed by atoms with E-state index in [0.29, 0.717) is 18.9 Å². The second-order valence-electron chi connectivity index (χ2n) is 5.55. The number of carbonyl (C=O) groups is 1. The number of hydrogen-bond donors (Lipinski definition) is 1. The lowest BCUT2D eigenvalue weighted by Gasteiger charge is -2.30. The van der Waals surface area contributed by atoms with Crippen molar-refractivity contribution in [2.45, 2.75) is 39.2 Å². The van der Waals surface area contributed by atoms with Gasteiger partial charge in [-0.1, -0.05) is 6.92 Å². The van der Waals surface area contributed by atoms with Gasteiger partial charge in [0.2, 0.25) is 5.91 Å². The van der Waals surface area contributed by atoms with Gasteiger partial charge < -0.3 is 10.2 Å². The molecule has 2 rings (SSSR count). The van der Waals surface area contributed by atoms with Gasteiger partial charge in [0.05, 0.1) is 0 Å². The number of nitrogens with zero attached hydrogens (tertiary/aromatic N) is 3. The minimum atomic E-state index is 0.265. The highest BCUT2D eigenvalue weighted by Crippen LogP contribution is 2.14. The number of piperidine rings is 1. The summed E-state index contributed by atoms with van der Waals surface area (Å²) < 4.78 is 1.83. The van der Waals surface area contributed by atoms with Crippen LogP contribution in [-0.4, -0.2) is 46.8 Å². The Morgan fingerprint density at radius 2 is 2.25 bits per heavy atom. The summed E-state index contributed by atoms with van der Waals surface area (Å²) in [6, 6.07) is 1.89. The number of rotatable bonds is 7. The number of aryl methyl sites for hydroxylation is 1. The van der Waals surface area contributed by atoms with Gasteiger partial charge in [0, 0.05) is 38.4 Å². The third kappa shape index (κ3) is 4.63. The van der Waals surface area contributed by atoms with Crippen LogP contribution >= 0.6 is 0 Å². The summed E-state index contributed by atoms with van der Waals surface area (Å²) in [6.45, 7) is 6.79. The molecule has 0 aliphatic carbocycles. The number of amides is 1. The van der Waals surface area contributed by atoms with Crippen LogP contribution in [0, 0.1) is 5.92 Å². The summed E-state index contributed by atoms with van der Waals surface area (Å²) in [5, 5.41) is 7.52. The number of nitrogens with one attached hydrogen (secondary N) is 1. The molecule has 0 spiro atoms. The topological polar surface area (TPSA) is 50.2 Å². The summed E-state index contributed by atoms with van der Waals surface area (Å²) in [4.78, 5) is 14.4. The zero-order valence-corrected chi connectivity index (χ0v) is 12.4. The second-order valence-corrected chi connectivity index (χ2v) is 5.55. The average Bonchev–Trinajstić information content (AvgIpc) is 2.99. The fourth-order valence-electron chi connectivity index (χ4n) is 2.76. The summed E-state index contributed by atoms with van der Waals surface area (Å²) in [5.41, 5.74) is 0. The van der Waals surface area contributed by atoms with Crippen LogP contribution in [0.2, 0.25) is 0 Å². The molecule has 1 amide bonds. The van der Waals surface area contributed by atoms with Crippen LogP contribution in [0.15, 0.2) is 18.5 Å². The maximum Gasteiger partial charge on any atom is 0.224 e. The van der Waals surface area contributed by atoms with Gasteiger partial charge in [0.1, 0.15) is 0 Å². The van der Waals surface area contributed by atoms with Crippen LogP contribution in [0.3, 0.4) is 0 Å². The lowest BCUT2D eigenvalue weighted by molar-refractivity contribution is -0.132. The highest BCUT2D eigenvalue weighted by atomic mass is 16.2. The predicted molar refractivity (Wildman–Crippen MR) is 79.3 cm³/mol. The Hall–Kier alpha value is -1.36. The van der Waals surface area contributed by atoms with Gasteiger partial charge in [-0.05, 0) is 44.3 Å². The van der Waals surface area contributed by atoms with E-state index in [0.717, 1.165) is 32.6 Å². The normalized spacial score (nSPS) is 16.2. The van der Waals surface area contributed by atoms with Gasteiger partial charge in [-0.2, -0.15) is 5.10 Å². The Morgan fingerprint density at radius 3 is 2.90 bits per heavy atom. The first-order valence-electron chi connectivity index (χ1n) is 7.75. The van der Waals surface area contributed by atoms with Crippen molar-refractivity contribution >= 4 is 5.91 Å². The SMILES string of the molecule is CCCN(CC1CCNCC1)C(=O)CCn1cccn1. The number of hydrogen-bond acceptors (Lipinski definition) is 3. The van der Waals surface area contributed by atoms with E-state index in [1.807, 2.05) is 16.9 Å². The van der Waals surface area contributed by atoms with Gasteiger partial charge in [0.25, 0.3) is 0 Å². The molecule has 0 atom stereocenters. The fourth-order valence-corrected chi connectivity index (χ4v) is 2.76. The maximum absolute atomic E-state index is 12.4. The number of carbonyl (C=O) groups excluding carboxylic acids is 1. The highest BCUT2D eigenvalue weighted by Gasteiger charge is 2.20. The van der Waals surface area contributed by atoms with E-state index < -0.39 is 0 Å². The third-order valence-corrected chi connectivity index (χ3v) is 3.90. The average molecular weight is 278 g/mol. The molecule has 5 heteroatoms. The smallest absolute Gasteiger partial charge is 0.224 e. The highest BCUT2D eigenvalue weighted by molar-refractivity contribution is 5.76. The van der Waals surface area contributed by atoms with Crippen LogP contribution in [0.5, 0.6) is 0 Å². The first-order chi connectivity index (χ1) is 9.79. The van der Waals surface area contributed by atoms with Gasteiger partial charge in [-0.25, -0.2) is 0 Å². The molecule has 0 radical (unpaired) electrons. The molecule has 112 valence electrons. The molecule has 1 aromatic heterocycles. The van der Waals surface area contributed by atoms with Gasteiger partial charge >= 0.3 is 0 Å². The third-order valence-electron chi connectivity index (χ3n) is 3.90. The van der Waals surface area contributed by atoms with Crippen molar-refractivity contribution in [1.29, 1.82) is 0 Å². The van der Waals surface area contributed by atoms with Gasteiger partial charge in [-0.3, -0.25) is 9.48 Å². The van der Waals surface area contributed by atoms with Crippen molar-refractivity contribution in [2.24, 2.45) is 5.92 Å². The van der Waals surface area contributed by atoms with Crippen molar-refractivity contribution < 1.29 is 4.79 Å². The Balaban J connectivity index is 1.81. The van der Waals surface area contributed by atoms with Crippen LogP contribution in [-0.2, 0) is 11.3 Å². The Bertz CT molecular complexity index is 385. The molecular formula is C15H26N4O. The van der Waals surface area contributed by atoms with Crippen molar-refractivity contribution in [3.05, 3.63) is 18.5 Å². The Morgan fingerprint density at radius 1 is 1.45 bits per heavy atom. The summed E-state index contributed by atoms with van der Waals surface area (Å²) >= 11 is 0. The van der Waals surface area contributed by atoms with Gasteiger partial charge in [-0.15, -0.1) is 0 Å². The van der Waals surface area contributed by atoms with Crippen LogP contribution in [0.4, 0.5) is 0 Å². The minimum absolute atomic E-state index is 0.265. The zero-order chi connectivity index (χ0) is 14.2. The number of aromatic nitrogens is 2. The van der Waals surface area contributed by atoms with Crippen LogP contribution in [0.1, 0.15) is 32.6 Å². The van der Waals surface area contributed by atoms with Crippen molar-refractivity contribution in [1.82, 2.24) is 20.0 Å². The van der Waals surface area contributed by atoms with E-state index in [2.05, 4.69) is 22.2 Å². The minimum Gasteiger partial charge on any atom is -0.342 e. The lowest BCUT2D eigenvalue weighted by atomic mass is 9.97. The quantitative estimate of drug-likeness (QED) is 0.822. The summed E-state index contributed by atoms with van der Waals surface area (Å²) in [5.74, 6) is 0.928. The van der Waals surface area contributed by atoms with Crippen molar-refractivity contribution in [3.63, 3.8) is 0 Å². The van der Waals surface area contributed by atoms with E-state index in [9.17, 15) is 4.79 Å². The second kappa shape index (κ2) is 8.04.